The monoisotopic (exact) mass is 340 g/mol. The third-order valence-corrected chi connectivity index (χ3v) is 3.20. The van der Waals surface area contributed by atoms with Gasteiger partial charge in [0.15, 0.2) is 0 Å². The molecule has 1 heterocycles. The van der Waals surface area contributed by atoms with E-state index in [1.807, 2.05) is 0 Å². The van der Waals surface area contributed by atoms with Crippen molar-refractivity contribution in [2.45, 2.75) is 12.6 Å². The summed E-state index contributed by atoms with van der Waals surface area (Å²) in [4.78, 5) is 15.6. The first kappa shape index (κ1) is 17.6. The summed E-state index contributed by atoms with van der Waals surface area (Å²) in [5, 5.41) is 2.44. The van der Waals surface area contributed by atoms with E-state index in [0.29, 0.717) is 23.3 Å². The number of carbonyl (C=O) groups is 1. The zero-order valence-electron chi connectivity index (χ0n) is 13.0. The highest BCUT2D eigenvalue weighted by Crippen LogP contribution is 2.29. The first-order valence-electron chi connectivity index (χ1n) is 6.87. The zero-order valence-corrected chi connectivity index (χ0v) is 13.0. The van der Waals surface area contributed by atoms with Crippen molar-refractivity contribution < 1.29 is 27.4 Å². The predicted octanol–water partition coefficient (Wildman–Crippen LogP) is 3.30. The van der Waals surface area contributed by atoms with E-state index in [-0.39, 0.29) is 12.2 Å². The lowest BCUT2D eigenvalue weighted by Crippen LogP contribution is -2.16. The number of rotatable bonds is 5. The van der Waals surface area contributed by atoms with E-state index in [9.17, 15) is 18.0 Å². The topological polar surface area (TPSA) is 60.5 Å². The minimum absolute atomic E-state index is 0.0180. The zero-order chi connectivity index (χ0) is 17.7. The SMILES string of the molecule is COc1ccc(CC(=O)Nc2ccc(C(F)(F)F)cn2)c(OC)c1. The molecule has 0 aliphatic heterocycles. The van der Waals surface area contributed by atoms with Crippen LogP contribution in [-0.2, 0) is 17.4 Å². The molecule has 0 saturated carbocycles. The fourth-order valence-electron chi connectivity index (χ4n) is 1.99. The highest BCUT2D eigenvalue weighted by Gasteiger charge is 2.30. The minimum atomic E-state index is -4.47. The van der Waals surface area contributed by atoms with Gasteiger partial charge in [-0.2, -0.15) is 13.2 Å². The number of aromatic nitrogens is 1. The lowest BCUT2D eigenvalue weighted by molar-refractivity contribution is -0.137. The Labute approximate surface area is 136 Å². The number of ether oxygens (including phenoxy) is 2. The van der Waals surface area contributed by atoms with Gasteiger partial charge in [-0.15, -0.1) is 0 Å². The fraction of sp³-hybridized carbons (Fsp3) is 0.250. The van der Waals surface area contributed by atoms with E-state index in [0.717, 1.165) is 12.1 Å². The van der Waals surface area contributed by atoms with Crippen LogP contribution < -0.4 is 14.8 Å². The van der Waals surface area contributed by atoms with Crippen LogP contribution in [0.1, 0.15) is 11.1 Å². The van der Waals surface area contributed by atoms with Crippen molar-refractivity contribution in [3.05, 3.63) is 47.7 Å². The Morgan fingerprint density at radius 3 is 2.46 bits per heavy atom. The van der Waals surface area contributed by atoms with E-state index in [1.165, 1.54) is 14.2 Å². The molecule has 1 aromatic heterocycles. The number of nitrogens with zero attached hydrogens (tertiary/aromatic N) is 1. The molecule has 0 aliphatic rings. The van der Waals surface area contributed by atoms with Gasteiger partial charge in [0.2, 0.25) is 5.91 Å². The van der Waals surface area contributed by atoms with E-state index < -0.39 is 17.6 Å². The first-order chi connectivity index (χ1) is 11.3. The van der Waals surface area contributed by atoms with Crippen LogP contribution in [-0.4, -0.2) is 25.1 Å². The molecule has 0 fully saturated rings. The van der Waals surface area contributed by atoms with Crippen molar-refractivity contribution in [1.82, 2.24) is 4.98 Å². The molecular weight excluding hydrogens is 325 g/mol. The molecule has 5 nitrogen and oxygen atoms in total. The van der Waals surface area contributed by atoms with Crippen molar-refractivity contribution >= 4 is 11.7 Å². The molecule has 0 radical (unpaired) electrons. The summed E-state index contributed by atoms with van der Waals surface area (Å²) < 4.78 is 47.7. The Morgan fingerprint density at radius 2 is 1.92 bits per heavy atom. The Hall–Kier alpha value is -2.77. The average molecular weight is 340 g/mol. The standard InChI is InChI=1S/C16H15F3N2O3/c1-23-12-5-3-10(13(8-12)24-2)7-15(22)21-14-6-4-11(9-20-14)16(17,18)19/h3-6,8-9H,7H2,1-2H3,(H,20,21,22). The molecule has 8 heteroatoms. The molecule has 1 aromatic carbocycles. The number of anilines is 1. The normalized spacial score (nSPS) is 11.0. The third kappa shape index (κ3) is 4.37. The van der Waals surface area contributed by atoms with Crippen molar-refractivity contribution in [3.63, 3.8) is 0 Å². The maximum Gasteiger partial charge on any atom is 0.417 e. The molecule has 0 aliphatic carbocycles. The second kappa shape index (κ2) is 7.20. The first-order valence-corrected chi connectivity index (χ1v) is 6.87. The lowest BCUT2D eigenvalue weighted by Gasteiger charge is -2.11. The Balaban J connectivity index is 2.06. The van der Waals surface area contributed by atoms with Gasteiger partial charge in [-0.25, -0.2) is 4.98 Å². The van der Waals surface area contributed by atoms with E-state index >= 15 is 0 Å². The molecule has 0 spiro atoms. The lowest BCUT2D eigenvalue weighted by atomic mass is 10.1. The molecule has 2 rings (SSSR count). The molecule has 0 saturated heterocycles. The van der Waals surface area contributed by atoms with E-state index in [1.54, 1.807) is 18.2 Å². The van der Waals surface area contributed by atoms with Crippen LogP contribution in [0.4, 0.5) is 19.0 Å². The highest BCUT2D eigenvalue weighted by atomic mass is 19.4. The summed E-state index contributed by atoms with van der Waals surface area (Å²) in [6, 6.07) is 6.96. The molecule has 0 unspecified atom stereocenters. The quantitative estimate of drug-likeness (QED) is 0.907. The van der Waals surface area contributed by atoms with Gasteiger partial charge in [0.1, 0.15) is 17.3 Å². The van der Waals surface area contributed by atoms with Gasteiger partial charge in [-0.05, 0) is 18.2 Å². The summed E-state index contributed by atoms with van der Waals surface area (Å²) in [6.45, 7) is 0. The van der Waals surface area contributed by atoms with Crippen molar-refractivity contribution in [3.8, 4) is 11.5 Å². The third-order valence-electron chi connectivity index (χ3n) is 3.20. The Kier molecular flexibility index (Phi) is 5.28. The van der Waals surface area contributed by atoms with Crippen LogP contribution in [0.2, 0.25) is 0 Å². The second-order valence-electron chi connectivity index (χ2n) is 4.83. The van der Waals surface area contributed by atoms with Crippen LogP contribution in [0.15, 0.2) is 36.5 Å². The number of carbonyl (C=O) groups excluding carboxylic acids is 1. The molecule has 2 aromatic rings. The van der Waals surface area contributed by atoms with Gasteiger partial charge in [-0.3, -0.25) is 4.79 Å². The number of amides is 1. The molecule has 128 valence electrons. The van der Waals surface area contributed by atoms with Gasteiger partial charge in [0, 0.05) is 17.8 Å². The summed E-state index contributed by atoms with van der Waals surface area (Å²) >= 11 is 0. The van der Waals surface area contributed by atoms with Crippen molar-refractivity contribution in [2.24, 2.45) is 0 Å². The fourth-order valence-corrected chi connectivity index (χ4v) is 1.99. The molecule has 24 heavy (non-hydrogen) atoms. The van der Waals surface area contributed by atoms with Crippen molar-refractivity contribution in [1.29, 1.82) is 0 Å². The number of hydrogen-bond donors (Lipinski definition) is 1. The predicted molar refractivity (Wildman–Crippen MR) is 81.1 cm³/mol. The number of methoxy groups -OCH3 is 2. The van der Waals surface area contributed by atoms with Gasteiger partial charge in [-0.1, -0.05) is 6.07 Å². The Bertz CT molecular complexity index is 715. The number of halogens is 3. The molecule has 1 amide bonds. The molecule has 0 bridgehead atoms. The summed E-state index contributed by atoms with van der Waals surface area (Å²) in [5.74, 6) is 0.677. The number of alkyl halides is 3. The maximum absolute atomic E-state index is 12.5. The summed E-state index contributed by atoms with van der Waals surface area (Å²) in [5.41, 5.74) is -0.264. The van der Waals surface area contributed by atoms with E-state index in [4.69, 9.17) is 9.47 Å². The van der Waals surface area contributed by atoms with Crippen LogP contribution in [0.5, 0.6) is 11.5 Å². The van der Waals surface area contributed by atoms with Crippen LogP contribution in [0, 0.1) is 0 Å². The number of benzene rings is 1. The Morgan fingerprint density at radius 1 is 1.17 bits per heavy atom. The van der Waals surface area contributed by atoms with Gasteiger partial charge < -0.3 is 14.8 Å². The van der Waals surface area contributed by atoms with Crippen LogP contribution in [0.25, 0.3) is 0 Å². The van der Waals surface area contributed by atoms with Gasteiger partial charge in [0.25, 0.3) is 0 Å². The van der Waals surface area contributed by atoms with E-state index in [2.05, 4.69) is 10.3 Å². The molecular formula is C16H15F3N2O3. The van der Waals surface area contributed by atoms with Gasteiger partial charge >= 0.3 is 6.18 Å². The number of nitrogens with one attached hydrogen (secondary N) is 1. The highest BCUT2D eigenvalue weighted by molar-refractivity contribution is 5.91. The second-order valence-corrected chi connectivity index (χ2v) is 4.83. The van der Waals surface area contributed by atoms with Crippen LogP contribution >= 0.6 is 0 Å². The largest absolute Gasteiger partial charge is 0.497 e. The number of hydrogen-bond acceptors (Lipinski definition) is 4. The average Bonchev–Trinajstić information content (AvgIpc) is 2.54. The van der Waals surface area contributed by atoms with Gasteiger partial charge in [0.05, 0.1) is 26.2 Å². The summed E-state index contributed by atoms with van der Waals surface area (Å²) in [6.07, 6.45) is -3.81. The molecule has 0 atom stereocenters. The van der Waals surface area contributed by atoms with Crippen molar-refractivity contribution in [2.75, 3.05) is 19.5 Å². The summed E-state index contributed by atoms with van der Waals surface area (Å²) in [7, 11) is 2.98. The molecule has 1 N–H and O–H groups in total. The number of pyridine rings is 1. The van der Waals surface area contributed by atoms with Crippen LogP contribution in [0.3, 0.4) is 0 Å². The maximum atomic E-state index is 12.5. The minimum Gasteiger partial charge on any atom is -0.497 e. The smallest absolute Gasteiger partial charge is 0.417 e.